The fourth-order valence-corrected chi connectivity index (χ4v) is 3.92. The van der Waals surface area contributed by atoms with E-state index in [2.05, 4.69) is 0 Å². The monoisotopic (exact) mass is 401 g/mol. The summed E-state index contributed by atoms with van der Waals surface area (Å²) < 4.78 is 16.5. The summed E-state index contributed by atoms with van der Waals surface area (Å²) in [6.45, 7) is 2.51. The summed E-state index contributed by atoms with van der Waals surface area (Å²) in [7, 11) is 3.17. The number of ether oxygens (including phenoxy) is 3. The van der Waals surface area contributed by atoms with Crippen LogP contribution in [-0.2, 0) is 4.79 Å². The first-order valence-corrected chi connectivity index (χ1v) is 9.52. The van der Waals surface area contributed by atoms with Gasteiger partial charge in [0, 0.05) is 11.6 Å². The van der Waals surface area contributed by atoms with Crippen molar-refractivity contribution in [3.05, 3.63) is 52.9 Å². The van der Waals surface area contributed by atoms with Crippen LogP contribution in [0.5, 0.6) is 17.2 Å². The summed E-state index contributed by atoms with van der Waals surface area (Å²) in [6.07, 6.45) is 1.78. The Hall–Kier alpha value is -2.51. The summed E-state index contributed by atoms with van der Waals surface area (Å²) in [6, 6.07) is 12.8. The Bertz CT molecular complexity index is 893. The second-order valence-electron chi connectivity index (χ2n) is 5.55. The lowest BCUT2D eigenvalue weighted by Crippen LogP contribution is -2.27. The van der Waals surface area contributed by atoms with E-state index in [0.29, 0.717) is 33.0 Å². The van der Waals surface area contributed by atoms with Gasteiger partial charge in [-0.15, -0.1) is 0 Å². The SMILES string of the molecule is CCOc1ccc(N2C(=O)/C(=C/c3ccc(OC)cc3OC)SC2=S)cc1. The molecule has 0 N–H and O–H groups in total. The summed E-state index contributed by atoms with van der Waals surface area (Å²) in [5.41, 5.74) is 1.50. The Morgan fingerprint density at radius 2 is 1.78 bits per heavy atom. The Balaban J connectivity index is 1.88. The standard InChI is InChI=1S/C20H19NO4S2/c1-4-25-15-9-6-14(7-10-15)21-19(22)18(27-20(21)26)11-13-5-8-16(23-2)12-17(13)24-3/h5-12H,4H2,1-3H3/b18-11-. The molecule has 5 nitrogen and oxygen atoms in total. The lowest BCUT2D eigenvalue weighted by molar-refractivity contribution is -0.113. The van der Waals surface area contributed by atoms with Gasteiger partial charge in [0.05, 0.1) is 31.4 Å². The molecule has 7 heteroatoms. The molecule has 3 rings (SSSR count). The summed E-state index contributed by atoms with van der Waals surface area (Å²) in [4.78, 5) is 15.0. The number of hydrogen-bond donors (Lipinski definition) is 0. The van der Waals surface area contributed by atoms with Gasteiger partial charge in [-0.1, -0.05) is 24.0 Å². The van der Waals surface area contributed by atoms with E-state index in [9.17, 15) is 4.79 Å². The molecule has 1 fully saturated rings. The lowest BCUT2D eigenvalue weighted by Gasteiger charge is -2.15. The molecule has 0 atom stereocenters. The van der Waals surface area contributed by atoms with Gasteiger partial charge in [-0.05, 0) is 49.4 Å². The van der Waals surface area contributed by atoms with Gasteiger partial charge in [-0.2, -0.15) is 0 Å². The summed E-state index contributed by atoms with van der Waals surface area (Å²) in [5.74, 6) is 1.91. The molecule has 2 aromatic rings. The molecule has 1 heterocycles. The van der Waals surface area contributed by atoms with Crippen LogP contribution in [0.25, 0.3) is 6.08 Å². The first kappa shape index (κ1) is 19.3. The molecule has 1 saturated heterocycles. The maximum atomic E-state index is 12.9. The minimum atomic E-state index is -0.160. The molecule has 0 unspecified atom stereocenters. The van der Waals surface area contributed by atoms with Crippen LogP contribution < -0.4 is 19.1 Å². The minimum Gasteiger partial charge on any atom is -0.497 e. The van der Waals surface area contributed by atoms with Crippen LogP contribution in [0.15, 0.2) is 47.4 Å². The van der Waals surface area contributed by atoms with Crippen molar-refractivity contribution >= 4 is 46.0 Å². The Kier molecular flexibility index (Phi) is 6.03. The summed E-state index contributed by atoms with van der Waals surface area (Å²) in [5, 5.41) is 0. The molecular formula is C20H19NO4S2. The van der Waals surface area contributed by atoms with Gasteiger partial charge in [0.15, 0.2) is 4.32 Å². The van der Waals surface area contributed by atoms with Gasteiger partial charge >= 0.3 is 0 Å². The fraction of sp³-hybridized carbons (Fsp3) is 0.200. The molecule has 0 spiro atoms. The van der Waals surface area contributed by atoms with Crippen molar-refractivity contribution in [2.24, 2.45) is 0 Å². The number of methoxy groups -OCH3 is 2. The second-order valence-corrected chi connectivity index (χ2v) is 7.23. The highest BCUT2D eigenvalue weighted by Crippen LogP contribution is 2.38. The van der Waals surface area contributed by atoms with Crippen LogP contribution in [0.1, 0.15) is 12.5 Å². The largest absolute Gasteiger partial charge is 0.497 e. The number of benzene rings is 2. The smallest absolute Gasteiger partial charge is 0.270 e. The number of hydrogen-bond acceptors (Lipinski definition) is 6. The van der Waals surface area contributed by atoms with Crippen LogP contribution in [0.2, 0.25) is 0 Å². The number of thiocarbonyl (C=S) groups is 1. The van der Waals surface area contributed by atoms with E-state index in [1.807, 2.05) is 43.3 Å². The number of nitrogens with zero attached hydrogens (tertiary/aromatic N) is 1. The maximum absolute atomic E-state index is 12.9. The van der Waals surface area contributed by atoms with Crippen LogP contribution in [0.3, 0.4) is 0 Å². The first-order chi connectivity index (χ1) is 13.1. The van der Waals surface area contributed by atoms with E-state index in [4.69, 9.17) is 26.4 Å². The van der Waals surface area contributed by atoms with Gasteiger partial charge < -0.3 is 14.2 Å². The predicted octanol–water partition coefficient (Wildman–Crippen LogP) is 4.51. The van der Waals surface area contributed by atoms with E-state index in [0.717, 1.165) is 11.3 Å². The van der Waals surface area contributed by atoms with E-state index >= 15 is 0 Å². The second kappa shape index (κ2) is 8.45. The highest BCUT2D eigenvalue weighted by molar-refractivity contribution is 8.27. The van der Waals surface area contributed by atoms with Crippen LogP contribution >= 0.6 is 24.0 Å². The highest BCUT2D eigenvalue weighted by atomic mass is 32.2. The van der Waals surface area contributed by atoms with Crippen LogP contribution in [-0.4, -0.2) is 31.1 Å². The number of rotatable bonds is 6. The Labute approximate surface area is 167 Å². The van der Waals surface area contributed by atoms with Crippen molar-refractivity contribution in [1.82, 2.24) is 0 Å². The van der Waals surface area contributed by atoms with Crippen molar-refractivity contribution in [2.45, 2.75) is 6.92 Å². The molecule has 0 aromatic heterocycles. The average molecular weight is 402 g/mol. The predicted molar refractivity (Wildman–Crippen MR) is 113 cm³/mol. The number of amides is 1. The van der Waals surface area contributed by atoms with Gasteiger partial charge in [-0.3, -0.25) is 9.69 Å². The normalized spacial score (nSPS) is 15.4. The Morgan fingerprint density at radius 3 is 2.41 bits per heavy atom. The number of carbonyl (C=O) groups excluding carboxylic acids is 1. The van der Waals surface area contributed by atoms with E-state index in [1.165, 1.54) is 16.7 Å². The zero-order valence-electron chi connectivity index (χ0n) is 15.2. The first-order valence-electron chi connectivity index (χ1n) is 8.30. The molecule has 27 heavy (non-hydrogen) atoms. The molecule has 0 aliphatic carbocycles. The average Bonchev–Trinajstić information content (AvgIpc) is 2.96. The molecule has 0 saturated carbocycles. The van der Waals surface area contributed by atoms with Gasteiger partial charge in [-0.25, -0.2) is 0 Å². The number of thioether (sulfide) groups is 1. The zero-order valence-corrected chi connectivity index (χ0v) is 16.9. The molecule has 1 aliphatic rings. The van der Waals surface area contributed by atoms with Crippen molar-refractivity contribution < 1.29 is 19.0 Å². The Morgan fingerprint density at radius 1 is 1.07 bits per heavy atom. The van der Waals surface area contributed by atoms with Crippen LogP contribution in [0, 0.1) is 0 Å². The zero-order chi connectivity index (χ0) is 19.4. The number of carbonyl (C=O) groups is 1. The molecule has 1 aliphatic heterocycles. The van der Waals surface area contributed by atoms with Crippen LogP contribution in [0.4, 0.5) is 5.69 Å². The molecular weight excluding hydrogens is 382 g/mol. The van der Waals surface area contributed by atoms with Crippen molar-refractivity contribution in [3.63, 3.8) is 0 Å². The molecule has 2 aromatic carbocycles. The van der Waals surface area contributed by atoms with E-state index in [-0.39, 0.29) is 5.91 Å². The van der Waals surface area contributed by atoms with Crippen molar-refractivity contribution in [2.75, 3.05) is 25.7 Å². The maximum Gasteiger partial charge on any atom is 0.270 e. The molecule has 0 bridgehead atoms. The van der Waals surface area contributed by atoms with Crippen molar-refractivity contribution in [1.29, 1.82) is 0 Å². The van der Waals surface area contributed by atoms with Gasteiger partial charge in [0.25, 0.3) is 5.91 Å². The third-order valence-electron chi connectivity index (χ3n) is 3.93. The number of anilines is 1. The molecule has 140 valence electrons. The van der Waals surface area contributed by atoms with E-state index in [1.54, 1.807) is 26.4 Å². The molecule has 0 radical (unpaired) electrons. The lowest BCUT2D eigenvalue weighted by atomic mass is 10.1. The van der Waals surface area contributed by atoms with Crippen molar-refractivity contribution in [3.8, 4) is 17.2 Å². The third-order valence-corrected chi connectivity index (χ3v) is 5.23. The van der Waals surface area contributed by atoms with Gasteiger partial charge in [0.2, 0.25) is 0 Å². The topological polar surface area (TPSA) is 48.0 Å². The highest BCUT2D eigenvalue weighted by Gasteiger charge is 2.33. The molecule has 1 amide bonds. The summed E-state index contributed by atoms with van der Waals surface area (Å²) >= 11 is 6.69. The quantitative estimate of drug-likeness (QED) is 0.524. The fourth-order valence-electron chi connectivity index (χ4n) is 2.63. The van der Waals surface area contributed by atoms with E-state index < -0.39 is 0 Å². The minimum absolute atomic E-state index is 0.160. The van der Waals surface area contributed by atoms with Gasteiger partial charge in [0.1, 0.15) is 17.2 Å². The third kappa shape index (κ3) is 4.09.